The van der Waals surface area contributed by atoms with Crippen LogP contribution in [0.15, 0.2) is 46.9 Å². The van der Waals surface area contributed by atoms with Crippen LogP contribution in [0.5, 0.6) is 5.75 Å². The van der Waals surface area contributed by atoms with Crippen molar-refractivity contribution < 1.29 is 9.53 Å². The van der Waals surface area contributed by atoms with Gasteiger partial charge in [-0.3, -0.25) is 4.79 Å². The molecule has 28 heavy (non-hydrogen) atoms. The highest BCUT2D eigenvalue weighted by molar-refractivity contribution is 9.10. The smallest absolute Gasteiger partial charge is 0.223 e. The lowest BCUT2D eigenvalue weighted by Crippen LogP contribution is -2.40. The number of aromatic amines is 1. The summed E-state index contributed by atoms with van der Waals surface area (Å²) in [5.41, 5.74) is 2.96. The molecule has 0 spiro atoms. The normalized spacial score (nSPS) is 15.0. The Morgan fingerprint density at radius 3 is 2.86 bits per heavy atom. The Bertz CT molecular complexity index is 979. The molecule has 1 fully saturated rings. The van der Waals surface area contributed by atoms with E-state index in [0.717, 1.165) is 58.7 Å². The number of nitrogens with one attached hydrogen (secondary N) is 2. The number of carbonyl (C=O) groups is 1. The van der Waals surface area contributed by atoms with Gasteiger partial charge in [0, 0.05) is 35.6 Å². The lowest BCUT2D eigenvalue weighted by molar-refractivity contribution is -0.125. The average Bonchev–Trinajstić information content (AvgIpc) is 3.15. The second-order valence-corrected chi connectivity index (χ2v) is 7.93. The summed E-state index contributed by atoms with van der Waals surface area (Å²) < 4.78 is 6.38. The molecule has 6 nitrogen and oxygen atoms in total. The molecule has 4 rings (SSSR count). The van der Waals surface area contributed by atoms with Gasteiger partial charge in [0.1, 0.15) is 5.75 Å². The lowest BCUT2D eigenvalue weighted by Gasteiger charge is -2.31. The molecule has 7 heteroatoms. The number of nitrogens with zero attached hydrogens (tertiary/aromatic N) is 2. The van der Waals surface area contributed by atoms with Crippen molar-refractivity contribution in [3.63, 3.8) is 0 Å². The molecule has 1 aromatic heterocycles. The van der Waals surface area contributed by atoms with Crippen LogP contribution in [0, 0.1) is 5.92 Å². The third kappa shape index (κ3) is 3.99. The third-order valence-electron chi connectivity index (χ3n) is 5.24. The van der Waals surface area contributed by atoms with Gasteiger partial charge in [-0.2, -0.15) is 0 Å². The third-order valence-corrected chi connectivity index (χ3v) is 5.74. The van der Waals surface area contributed by atoms with Crippen LogP contribution >= 0.6 is 15.9 Å². The first kappa shape index (κ1) is 18.8. The van der Waals surface area contributed by atoms with Crippen LogP contribution in [0.1, 0.15) is 18.4 Å². The predicted molar refractivity (Wildman–Crippen MR) is 114 cm³/mol. The van der Waals surface area contributed by atoms with Crippen LogP contribution in [0.25, 0.3) is 11.0 Å². The van der Waals surface area contributed by atoms with Crippen molar-refractivity contribution in [3.8, 4) is 5.75 Å². The molecule has 3 aromatic rings. The number of hydrogen-bond acceptors (Lipinski definition) is 4. The first-order valence-corrected chi connectivity index (χ1v) is 10.2. The summed E-state index contributed by atoms with van der Waals surface area (Å²) in [6, 6.07) is 13.8. The van der Waals surface area contributed by atoms with E-state index in [9.17, 15) is 4.79 Å². The van der Waals surface area contributed by atoms with E-state index >= 15 is 0 Å². The van der Waals surface area contributed by atoms with E-state index in [1.165, 1.54) is 0 Å². The van der Waals surface area contributed by atoms with Crippen molar-refractivity contribution in [2.75, 3.05) is 25.1 Å². The number of imidazole rings is 1. The summed E-state index contributed by atoms with van der Waals surface area (Å²) in [7, 11) is 1.65. The standard InChI is InChI=1S/C21H23BrN4O2/c1-28-19-5-3-2-4-15(19)13-23-20(27)14-8-10-26(11-9-14)21-24-17-7-6-16(22)12-18(17)25-21/h2-7,12,14H,8-11,13H2,1H3,(H,23,27)(H,24,25). The molecule has 0 unspecified atom stereocenters. The van der Waals surface area contributed by atoms with Gasteiger partial charge in [0.15, 0.2) is 0 Å². The quantitative estimate of drug-likeness (QED) is 0.628. The monoisotopic (exact) mass is 442 g/mol. The van der Waals surface area contributed by atoms with Crippen molar-refractivity contribution >= 4 is 38.8 Å². The summed E-state index contributed by atoms with van der Waals surface area (Å²) >= 11 is 3.49. The number of hydrogen-bond donors (Lipinski definition) is 2. The van der Waals surface area contributed by atoms with E-state index in [-0.39, 0.29) is 11.8 Å². The fraction of sp³-hybridized carbons (Fsp3) is 0.333. The van der Waals surface area contributed by atoms with Crippen LogP contribution in [-0.4, -0.2) is 36.1 Å². The summed E-state index contributed by atoms with van der Waals surface area (Å²) in [5.74, 6) is 1.82. The van der Waals surface area contributed by atoms with Gasteiger partial charge in [0.2, 0.25) is 11.9 Å². The number of anilines is 1. The van der Waals surface area contributed by atoms with Gasteiger partial charge >= 0.3 is 0 Å². The number of carbonyl (C=O) groups excluding carboxylic acids is 1. The number of methoxy groups -OCH3 is 1. The van der Waals surface area contributed by atoms with E-state index < -0.39 is 0 Å². The van der Waals surface area contributed by atoms with Crippen molar-refractivity contribution in [1.82, 2.24) is 15.3 Å². The fourth-order valence-electron chi connectivity index (χ4n) is 3.65. The Morgan fingerprint density at radius 1 is 1.29 bits per heavy atom. The first-order valence-electron chi connectivity index (χ1n) is 9.44. The molecule has 146 valence electrons. The second kappa shape index (κ2) is 8.22. The molecule has 1 saturated heterocycles. The summed E-state index contributed by atoms with van der Waals surface area (Å²) in [6.07, 6.45) is 1.64. The van der Waals surface area contributed by atoms with E-state index in [0.29, 0.717) is 6.54 Å². The molecular weight excluding hydrogens is 420 g/mol. The van der Waals surface area contributed by atoms with Gasteiger partial charge in [0.25, 0.3) is 0 Å². The highest BCUT2D eigenvalue weighted by Gasteiger charge is 2.26. The van der Waals surface area contributed by atoms with Crippen molar-refractivity contribution in [2.24, 2.45) is 5.92 Å². The maximum Gasteiger partial charge on any atom is 0.223 e. The van der Waals surface area contributed by atoms with Crippen LogP contribution in [0.3, 0.4) is 0 Å². The highest BCUT2D eigenvalue weighted by atomic mass is 79.9. The number of aromatic nitrogens is 2. The van der Waals surface area contributed by atoms with Gasteiger partial charge in [-0.15, -0.1) is 0 Å². The molecule has 2 N–H and O–H groups in total. The minimum atomic E-state index is 0.0319. The van der Waals surface area contributed by atoms with Crippen molar-refractivity contribution in [2.45, 2.75) is 19.4 Å². The number of benzene rings is 2. The van der Waals surface area contributed by atoms with Gasteiger partial charge in [-0.1, -0.05) is 34.1 Å². The molecule has 2 aromatic carbocycles. The zero-order valence-electron chi connectivity index (χ0n) is 15.7. The summed E-state index contributed by atoms with van der Waals surface area (Å²) in [5, 5.41) is 3.06. The van der Waals surface area contributed by atoms with Crippen molar-refractivity contribution in [3.05, 3.63) is 52.5 Å². The predicted octanol–water partition coefficient (Wildman–Crippen LogP) is 3.87. The van der Waals surface area contributed by atoms with E-state index in [2.05, 4.69) is 36.1 Å². The average molecular weight is 443 g/mol. The Kier molecular flexibility index (Phi) is 5.52. The molecule has 2 heterocycles. The van der Waals surface area contributed by atoms with E-state index in [1.807, 2.05) is 42.5 Å². The molecule has 1 amide bonds. The molecule has 0 radical (unpaired) electrons. The molecule has 0 aliphatic carbocycles. The number of halogens is 1. The summed E-state index contributed by atoms with van der Waals surface area (Å²) in [6.45, 7) is 2.11. The minimum Gasteiger partial charge on any atom is -0.496 e. The minimum absolute atomic E-state index is 0.0319. The maximum atomic E-state index is 12.6. The van der Waals surface area contributed by atoms with Crippen LogP contribution in [0.2, 0.25) is 0 Å². The zero-order valence-corrected chi connectivity index (χ0v) is 17.3. The number of fused-ring (bicyclic) bond motifs is 1. The number of ether oxygens (including phenoxy) is 1. The van der Waals surface area contributed by atoms with Gasteiger partial charge in [-0.25, -0.2) is 4.98 Å². The molecule has 1 aliphatic rings. The van der Waals surface area contributed by atoms with Crippen LogP contribution in [-0.2, 0) is 11.3 Å². The Hall–Kier alpha value is -2.54. The number of para-hydroxylation sites is 1. The SMILES string of the molecule is COc1ccccc1CNC(=O)C1CCN(c2nc3ccc(Br)cc3[nH]2)CC1. The first-order chi connectivity index (χ1) is 13.6. The summed E-state index contributed by atoms with van der Waals surface area (Å²) in [4.78, 5) is 22.9. The molecule has 0 bridgehead atoms. The number of rotatable bonds is 5. The topological polar surface area (TPSA) is 70.2 Å². The van der Waals surface area contributed by atoms with Gasteiger partial charge < -0.3 is 19.9 Å². The van der Waals surface area contributed by atoms with Gasteiger partial charge in [0.05, 0.1) is 18.1 Å². The van der Waals surface area contributed by atoms with Crippen LogP contribution < -0.4 is 15.0 Å². The number of H-pyrrole nitrogens is 1. The fourth-order valence-corrected chi connectivity index (χ4v) is 4.01. The van der Waals surface area contributed by atoms with E-state index in [1.54, 1.807) is 7.11 Å². The van der Waals surface area contributed by atoms with E-state index in [4.69, 9.17) is 4.74 Å². The van der Waals surface area contributed by atoms with Crippen LogP contribution in [0.4, 0.5) is 5.95 Å². The Balaban J connectivity index is 1.33. The number of piperidine rings is 1. The largest absolute Gasteiger partial charge is 0.496 e. The molecule has 1 aliphatic heterocycles. The Labute approximate surface area is 172 Å². The zero-order chi connectivity index (χ0) is 19.5. The van der Waals surface area contributed by atoms with Crippen molar-refractivity contribution in [1.29, 1.82) is 0 Å². The van der Waals surface area contributed by atoms with Gasteiger partial charge in [-0.05, 0) is 37.1 Å². The highest BCUT2D eigenvalue weighted by Crippen LogP contribution is 2.25. The Morgan fingerprint density at radius 2 is 2.07 bits per heavy atom. The maximum absolute atomic E-state index is 12.6. The molecular formula is C21H23BrN4O2. The molecule has 0 atom stereocenters. The molecule has 0 saturated carbocycles. The second-order valence-electron chi connectivity index (χ2n) is 7.01. The lowest BCUT2D eigenvalue weighted by atomic mass is 9.96. The number of amides is 1.